The van der Waals surface area contributed by atoms with Crippen molar-refractivity contribution in [3.8, 4) is 0 Å². The van der Waals surface area contributed by atoms with E-state index in [0.717, 1.165) is 11.3 Å². The molecule has 0 radical (unpaired) electrons. The van der Waals surface area contributed by atoms with Crippen molar-refractivity contribution in [2.45, 2.75) is 6.54 Å². The summed E-state index contributed by atoms with van der Waals surface area (Å²) in [5, 5.41) is 2.86. The maximum atomic E-state index is 12.1. The van der Waals surface area contributed by atoms with Crippen molar-refractivity contribution in [2.24, 2.45) is 0 Å². The van der Waals surface area contributed by atoms with Crippen LogP contribution in [0.25, 0.3) is 0 Å². The molecule has 1 amide bonds. The summed E-state index contributed by atoms with van der Waals surface area (Å²) in [6.07, 6.45) is 0. The van der Waals surface area contributed by atoms with Crippen LogP contribution in [0.4, 0.5) is 5.69 Å². The Labute approximate surface area is 135 Å². The van der Waals surface area contributed by atoms with Crippen molar-refractivity contribution in [1.29, 1.82) is 0 Å². The first-order chi connectivity index (χ1) is 11.0. The largest absolute Gasteiger partial charge is 0.465 e. The highest BCUT2D eigenvalue weighted by Gasteiger charge is 2.07. The molecule has 5 heteroatoms. The molecule has 120 valence electrons. The number of hydrogen-bond acceptors (Lipinski definition) is 4. The maximum Gasteiger partial charge on any atom is 0.337 e. The molecule has 2 rings (SSSR count). The number of nitrogens with zero attached hydrogens (tertiary/aromatic N) is 1. The highest BCUT2D eigenvalue weighted by atomic mass is 16.5. The van der Waals surface area contributed by atoms with E-state index in [0.29, 0.717) is 17.7 Å². The number of benzene rings is 2. The van der Waals surface area contributed by atoms with Crippen molar-refractivity contribution in [2.75, 3.05) is 26.1 Å². The fourth-order valence-electron chi connectivity index (χ4n) is 2.07. The molecule has 0 fully saturated rings. The second-order valence-corrected chi connectivity index (χ2v) is 5.31. The second-order valence-electron chi connectivity index (χ2n) is 5.31. The van der Waals surface area contributed by atoms with Gasteiger partial charge in [-0.15, -0.1) is 0 Å². The average Bonchev–Trinajstić information content (AvgIpc) is 2.59. The van der Waals surface area contributed by atoms with Gasteiger partial charge in [-0.3, -0.25) is 4.79 Å². The van der Waals surface area contributed by atoms with E-state index >= 15 is 0 Å². The Hall–Kier alpha value is -2.82. The third-order valence-corrected chi connectivity index (χ3v) is 3.47. The van der Waals surface area contributed by atoms with Crippen LogP contribution in [-0.4, -0.2) is 33.1 Å². The summed E-state index contributed by atoms with van der Waals surface area (Å²) in [6, 6.07) is 14.3. The zero-order valence-corrected chi connectivity index (χ0v) is 13.5. The lowest BCUT2D eigenvalue weighted by Gasteiger charge is -2.12. The van der Waals surface area contributed by atoms with Crippen molar-refractivity contribution >= 4 is 17.6 Å². The summed E-state index contributed by atoms with van der Waals surface area (Å²) in [6.45, 7) is 0.399. The monoisotopic (exact) mass is 312 g/mol. The highest BCUT2D eigenvalue weighted by molar-refractivity contribution is 5.94. The molecule has 2 aromatic rings. The predicted molar refractivity (Wildman–Crippen MR) is 89.7 cm³/mol. The number of anilines is 1. The van der Waals surface area contributed by atoms with Crippen LogP contribution in [-0.2, 0) is 11.3 Å². The summed E-state index contributed by atoms with van der Waals surface area (Å²) in [5.41, 5.74) is 3.06. The fourth-order valence-corrected chi connectivity index (χ4v) is 2.07. The normalized spacial score (nSPS) is 10.0. The quantitative estimate of drug-likeness (QED) is 0.862. The number of carbonyl (C=O) groups excluding carboxylic acids is 2. The topological polar surface area (TPSA) is 58.6 Å². The Morgan fingerprint density at radius 3 is 2.04 bits per heavy atom. The number of carbonyl (C=O) groups is 2. The van der Waals surface area contributed by atoms with Gasteiger partial charge < -0.3 is 15.0 Å². The summed E-state index contributed by atoms with van der Waals surface area (Å²) in [7, 11) is 5.25. The van der Waals surface area contributed by atoms with Gasteiger partial charge in [0.25, 0.3) is 5.91 Å². The Kier molecular flexibility index (Phi) is 5.36. The summed E-state index contributed by atoms with van der Waals surface area (Å²) >= 11 is 0. The van der Waals surface area contributed by atoms with E-state index in [1.165, 1.54) is 7.11 Å². The number of methoxy groups -OCH3 is 1. The summed E-state index contributed by atoms with van der Waals surface area (Å²) in [5.74, 6) is -0.506. The lowest BCUT2D eigenvalue weighted by atomic mass is 10.1. The van der Waals surface area contributed by atoms with Gasteiger partial charge in [-0.25, -0.2) is 4.79 Å². The molecule has 0 spiro atoms. The van der Waals surface area contributed by atoms with E-state index in [4.69, 9.17) is 0 Å². The zero-order chi connectivity index (χ0) is 16.8. The van der Waals surface area contributed by atoms with Gasteiger partial charge in [0.15, 0.2) is 0 Å². The van der Waals surface area contributed by atoms with E-state index in [2.05, 4.69) is 10.1 Å². The molecule has 1 N–H and O–H groups in total. The maximum absolute atomic E-state index is 12.1. The van der Waals surface area contributed by atoms with E-state index in [1.807, 2.05) is 31.1 Å². The third kappa shape index (κ3) is 4.32. The molecule has 2 aromatic carbocycles. The van der Waals surface area contributed by atoms with Crippen molar-refractivity contribution < 1.29 is 14.3 Å². The smallest absolute Gasteiger partial charge is 0.337 e. The number of amides is 1. The highest BCUT2D eigenvalue weighted by Crippen LogP contribution is 2.12. The minimum absolute atomic E-state index is 0.132. The van der Waals surface area contributed by atoms with Gasteiger partial charge in [-0.1, -0.05) is 12.1 Å². The van der Waals surface area contributed by atoms with Gasteiger partial charge in [0.05, 0.1) is 12.7 Å². The number of esters is 1. The molecule has 23 heavy (non-hydrogen) atoms. The van der Waals surface area contributed by atoms with Crippen LogP contribution < -0.4 is 10.2 Å². The van der Waals surface area contributed by atoms with Gasteiger partial charge in [0, 0.05) is 31.9 Å². The van der Waals surface area contributed by atoms with Crippen LogP contribution in [0, 0.1) is 0 Å². The average molecular weight is 312 g/mol. The van der Waals surface area contributed by atoms with Gasteiger partial charge in [-0.2, -0.15) is 0 Å². The van der Waals surface area contributed by atoms with Crippen LogP contribution in [0.3, 0.4) is 0 Å². The molecule has 0 aromatic heterocycles. The molecule has 0 atom stereocenters. The van der Waals surface area contributed by atoms with Crippen molar-refractivity contribution in [1.82, 2.24) is 5.32 Å². The van der Waals surface area contributed by atoms with Gasteiger partial charge in [0.2, 0.25) is 0 Å². The lowest BCUT2D eigenvalue weighted by Crippen LogP contribution is -2.22. The molecular weight excluding hydrogens is 292 g/mol. The lowest BCUT2D eigenvalue weighted by molar-refractivity contribution is 0.0600. The SMILES string of the molecule is COC(=O)c1ccc(CNC(=O)c2ccc(N(C)C)cc2)cc1. The Morgan fingerprint density at radius 1 is 0.957 bits per heavy atom. The molecular formula is C18H20N2O3. The number of hydrogen-bond donors (Lipinski definition) is 1. The van der Waals surface area contributed by atoms with Gasteiger partial charge in [-0.05, 0) is 42.0 Å². The standard InChI is InChI=1S/C18H20N2O3/c1-20(2)16-10-8-14(9-11-16)17(21)19-12-13-4-6-15(7-5-13)18(22)23-3/h4-11H,12H2,1-3H3,(H,19,21). The van der Waals surface area contributed by atoms with Crippen LogP contribution >= 0.6 is 0 Å². The van der Waals surface area contributed by atoms with E-state index in [9.17, 15) is 9.59 Å². The molecule has 0 unspecified atom stereocenters. The molecule has 0 saturated heterocycles. The first kappa shape index (κ1) is 16.5. The van der Waals surface area contributed by atoms with Crippen molar-refractivity contribution in [3.63, 3.8) is 0 Å². The Bertz CT molecular complexity index is 676. The molecule has 0 heterocycles. The van der Waals surface area contributed by atoms with Crippen LogP contribution in [0.1, 0.15) is 26.3 Å². The number of nitrogens with one attached hydrogen (secondary N) is 1. The van der Waals surface area contributed by atoms with Crippen LogP contribution in [0.5, 0.6) is 0 Å². The third-order valence-electron chi connectivity index (χ3n) is 3.47. The van der Waals surface area contributed by atoms with Crippen LogP contribution in [0.2, 0.25) is 0 Å². The first-order valence-corrected chi connectivity index (χ1v) is 7.24. The summed E-state index contributed by atoms with van der Waals surface area (Å²) < 4.78 is 4.65. The van der Waals surface area contributed by atoms with E-state index in [1.54, 1.807) is 36.4 Å². The van der Waals surface area contributed by atoms with E-state index < -0.39 is 0 Å². The molecule has 0 aliphatic heterocycles. The van der Waals surface area contributed by atoms with Gasteiger partial charge in [0.1, 0.15) is 0 Å². The molecule has 0 aliphatic carbocycles. The Balaban J connectivity index is 1.94. The van der Waals surface area contributed by atoms with Crippen LogP contribution in [0.15, 0.2) is 48.5 Å². The van der Waals surface area contributed by atoms with Gasteiger partial charge >= 0.3 is 5.97 Å². The fraction of sp³-hybridized carbons (Fsp3) is 0.222. The van der Waals surface area contributed by atoms with E-state index in [-0.39, 0.29) is 11.9 Å². The zero-order valence-electron chi connectivity index (χ0n) is 13.5. The minimum Gasteiger partial charge on any atom is -0.465 e. The molecule has 5 nitrogen and oxygen atoms in total. The second kappa shape index (κ2) is 7.45. The molecule has 0 bridgehead atoms. The van der Waals surface area contributed by atoms with Crippen molar-refractivity contribution in [3.05, 3.63) is 65.2 Å². The number of rotatable bonds is 5. The predicted octanol–water partition coefficient (Wildman–Crippen LogP) is 2.47. The molecule has 0 aliphatic rings. The summed E-state index contributed by atoms with van der Waals surface area (Å²) in [4.78, 5) is 25.5. The minimum atomic E-state index is -0.374. The Morgan fingerprint density at radius 2 is 1.52 bits per heavy atom. The first-order valence-electron chi connectivity index (χ1n) is 7.24. The molecule has 0 saturated carbocycles. The number of ether oxygens (including phenoxy) is 1.